The molecule has 3 nitrogen and oxygen atoms in total. The summed E-state index contributed by atoms with van der Waals surface area (Å²) in [5.41, 5.74) is 0.564. The Kier molecular flexibility index (Phi) is 2.20. The molecular formula is C7H10N2O. The molecule has 1 rings (SSSR count). The van der Waals surface area contributed by atoms with E-state index < -0.39 is 0 Å². The molecule has 0 atom stereocenters. The minimum absolute atomic E-state index is 0.0654. The van der Waals surface area contributed by atoms with E-state index >= 15 is 0 Å². The summed E-state index contributed by atoms with van der Waals surface area (Å²) in [5, 5.41) is 0. The molecule has 0 aliphatic carbocycles. The Bertz CT molecular complexity index is 254. The molecular weight excluding hydrogens is 128 g/mol. The molecule has 0 spiro atoms. The molecule has 0 bridgehead atoms. The number of H-pyrrole nitrogens is 1. The first-order valence-electron chi connectivity index (χ1n) is 3.37. The Morgan fingerprint density at radius 2 is 2.50 bits per heavy atom. The first kappa shape index (κ1) is 6.99. The lowest BCUT2D eigenvalue weighted by atomic mass is 10.3. The van der Waals surface area contributed by atoms with Gasteiger partial charge in [-0.05, 0) is 6.42 Å². The normalized spacial score (nSPS) is 9.70. The predicted octanol–water partition coefficient (Wildman–Crippen LogP) is 0.722. The summed E-state index contributed by atoms with van der Waals surface area (Å²) in [6, 6.07) is 0. The Balaban J connectivity index is 2.92. The van der Waals surface area contributed by atoms with Crippen LogP contribution in [0.3, 0.4) is 0 Å². The molecule has 0 radical (unpaired) electrons. The van der Waals surface area contributed by atoms with Gasteiger partial charge in [-0.25, -0.2) is 0 Å². The highest BCUT2D eigenvalue weighted by molar-refractivity contribution is 4.94. The van der Waals surface area contributed by atoms with Crippen LogP contribution in [0.25, 0.3) is 0 Å². The fourth-order valence-electron chi connectivity index (χ4n) is 0.797. The average molecular weight is 138 g/mol. The van der Waals surface area contributed by atoms with Crippen molar-refractivity contribution < 1.29 is 0 Å². The lowest BCUT2D eigenvalue weighted by Crippen LogP contribution is -2.13. The highest BCUT2D eigenvalue weighted by Crippen LogP contribution is 1.88. The minimum atomic E-state index is -0.0654. The first-order valence-corrected chi connectivity index (χ1v) is 3.37. The maximum Gasteiger partial charge on any atom is 0.269 e. The zero-order valence-electron chi connectivity index (χ0n) is 5.92. The molecule has 0 aliphatic heterocycles. The highest BCUT2D eigenvalue weighted by atomic mass is 16.1. The third kappa shape index (κ3) is 1.43. The van der Waals surface area contributed by atoms with Crippen molar-refractivity contribution in [1.82, 2.24) is 9.97 Å². The lowest BCUT2D eigenvalue weighted by Gasteiger charge is -1.92. The van der Waals surface area contributed by atoms with Crippen LogP contribution in [0.1, 0.15) is 19.0 Å². The van der Waals surface area contributed by atoms with E-state index in [1.165, 1.54) is 0 Å². The fraction of sp³-hybridized carbons (Fsp3) is 0.429. The van der Waals surface area contributed by atoms with E-state index in [2.05, 4.69) is 9.97 Å². The third-order valence-electron chi connectivity index (χ3n) is 1.27. The Morgan fingerprint density at radius 1 is 1.70 bits per heavy atom. The van der Waals surface area contributed by atoms with Crippen molar-refractivity contribution in [2.75, 3.05) is 0 Å². The summed E-state index contributed by atoms with van der Waals surface area (Å²) in [5.74, 6) is 0. The van der Waals surface area contributed by atoms with Gasteiger partial charge in [0.2, 0.25) is 0 Å². The van der Waals surface area contributed by atoms with Crippen LogP contribution in [0.15, 0.2) is 17.2 Å². The molecule has 54 valence electrons. The van der Waals surface area contributed by atoms with Gasteiger partial charge in [0.15, 0.2) is 0 Å². The molecule has 0 amide bonds. The number of aromatic nitrogens is 2. The van der Waals surface area contributed by atoms with Gasteiger partial charge in [0.05, 0.1) is 0 Å². The standard InChI is InChI=1S/C7H10N2O/c1-2-3-6-7(10)9-5-4-8-6/h4-5H,2-3H2,1H3,(H,9,10). The maximum absolute atomic E-state index is 10.9. The second-order valence-electron chi connectivity index (χ2n) is 2.11. The van der Waals surface area contributed by atoms with Gasteiger partial charge in [0.1, 0.15) is 5.69 Å². The molecule has 1 N–H and O–H groups in total. The molecule has 0 saturated heterocycles. The van der Waals surface area contributed by atoms with Crippen molar-refractivity contribution >= 4 is 0 Å². The zero-order chi connectivity index (χ0) is 7.40. The molecule has 0 unspecified atom stereocenters. The quantitative estimate of drug-likeness (QED) is 0.654. The Hall–Kier alpha value is -1.12. The number of rotatable bonds is 2. The monoisotopic (exact) mass is 138 g/mol. The maximum atomic E-state index is 10.9. The van der Waals surface area contributed by atoms with Crippen molar-refractivity contribution in [2.45, 2.75) is 19.8 Å². The molecule has 0 fully saturated rings. The van der Waals surface area contributed by atoms with E-state index in [1.807, 2.05) is 6.92 Å². The van der Waals surface area contributed by atoms with Crippen molar-refractivity contribution in [3.05, 3.63) is 28.4 Å². The average Bonchev–Trinajstić information content (AvgIpc) is 1.94. The fourth-order valence-corrected chi connectivity index (χ4v) is 0.797. The third-order valence-corrected chi connectivity index (χ3v) is 1.27. The van der Waals surface area contributed by atoms with Gasteiger partial charge >= 0.3 is 0 Å². The van der Waals surface area contributed by atoms with Gasteiger partial charge in [-0.2, -0.15) is 0 Å². The Morgan fingerprint density at radius 3 is 3.10 bits per heavy atom. The van der Waals surface area contributed by atoms with Gasteiger partial charge in [0, 0.05) is 12.4 Å². The van der Waals surface area contributed by atoms with Gasteiger partial charge in [-0.15, -0.1) is 0 Å². The molecule has 1 aromatic heterocycles. The van der Waals surface area contributed by atoms with Crippen molar-refractivity contribution in [1.29, 1.82) is 0 Å². The second kappa shape index (κ2) is 3.15. The summed E-state index contributed by atoms with van der Waals surface area (Å²) in [7, 11) is 0. The number of aryl methyl sites for hydroxylation is 1. The van der Waals surface area contributed by atoms with Gasteiger partial charge in [0.25, 0.3) is 5.56 Å². The van der Waals surface area contributed by atoms with Crippen LogP contribution in [0.4, 0.5) is 0 Å². The summed E-state index contributed by atoms with van der Waals surface area (Å²) >= 11 is 0. The van der Waals surface area contributed by atoms with Crippen LogP contribution in [0, 0.1) is 0 Å². The predicted molar refractivity (Wildman–Crippen MR) is 38.9 cm³/mol. The number of aromatic amines is 1. The van der Waals surface area contributed by atoms with Crippen LogP contribution >= 0.6 is 0 Å². The summed E-state index contributed by atoms with van der Waals surface area (Å²) in [4.78, 5) is 17.4. The van der Waals surface area contributed by atoms with Crippen molar-refractivity contribution in [2.24, 2.45) is 0 Å². The molecule has 10 heavy (non-hydrogen) atoms. The van der Waals surface area contributed by atoms with E-state index in [0.717, 1.165) is 12.8 Å². The highest BCUT2D eigenvalue weighted by Gasteiger charge is 1.95. The second-order valence-corrected chi connectivity index (χ2v) is 2.11. The number of hydrogen-bond acceptors (Lipinski definition) is 2. The van der Waals surface area contributed by atoms with Gasteiger partial charge < -0.3 is 4.98 Å². The summed E-state index contributed by atoms with van der Waals surface area (Å²) in [6.07, 6.45) is 4.87. The molecule has 0 saturated carbocycles. The van der Waals surface area contributed by atoms with Crippen LogP contribution in [0.5, 0.6) is 0 Å². The topological polar surface area (TPSA) is 45.8 Å². The first-order chi connectivity index (χ1) is 4.84. The van der Waals surface area contributed by atoms with E-state index in [9.17, 15) is 4.79 Å². The van der Waals surface area contributed by atoms with Gasteiger partial charge in [-0.3, -0.25) is 9.78 Å². The van der Waals surface area contributed by atoms with E-state index in [-0.39, 0.29) is 5.56 Å². The van der Waals surface area contributed by atoms with Crippen molar-refractivity contribution in [3.63, 3.8) is 0 Å². The lowest BCUT2D eigenvalue weighted by molar-refractivity contribution is 0.854. The minimum Gasteiger partial charge on any atom is -0.326 e. The molecule has 3 heteroatoms. The molecule has 0 aromatic carbocycles. The number of hydrogen-bond donors (Lipinski definition) is 1. The number of nitrogens with zero attached hydrogens (tertiary/aromatic N) is 1. The Labute approximate surface area is 59.1 Å². The van der Waals surface area contributed by atoms with E-state index in [1.54, 1.807) is 12.4 Å². The molecule has 1 heterocycles. The molecule has 1 aromatic rings. The summed E-state index contributed by atoms with van der Waals surface area (Å²) < 4.78 is 0. The largest absolute Gasteiger partial charge is 0.326 e. The van der Waals surface area contributed by atoms with E-state index in [4.69, 9.17) is 0 Å². The SMILES string of the molecule is CCCc1ncc[nH]c1=O. The zero-order valence-corrected chi connectivity index (χ0v) is 5.92. The summed E-state index contributed by atoms with van der Waals surface area (Å²) in [6.45, 7) is 2.02. The van der Waals surface area contributed by atoms with Crippen LogP contribution in [-0.2, 0) is 6.42 Å². The van der Waals surface area contributed by atoms with Crippen molar-refractivity contribution in [3.8, 4) is 0 Å². The van der Waals surface area contributed by atoms with Gasteiger partial charge in [-0.1, -0.05) is 13.3 Å². The smallest absolute Gasteiger partial charge is 0.269 e. The molecule has 0 aliphatic rings. The van der Waals surface area contributed by atoms with Crippen LogP contribution < -0.4 is 5.56 Å². The number of nitrogens with one attached hydrogen (secondary N) is 1. The van der Waals surface area contributed by atoms with Crippen LogP contribution in [0.2, 0.25) is 0 Å². The van der Waals surface area contributed by atoms with E-state index in [0.29, 0.717) is 5.69 Å². The van der Waals surface area contributed by atoms with Crippen LogP contribution in [-0.4, -0.2) is 9.97 Å².